The van der Waals surface area contributed by atoms with Gasteiger partial charge in [-0.05, 0) is 6.42 Å². The molecule has 74 valence electrons. The Morgan fingerprint density at radius 2 is 2.46 bits per heavy atom. The van der Waals surface area contributed by atoms with Crippen molar-refractivity contribution in [3.8, 4) is 0 Å². The summed E-state index contributed by atoms with van der Waals surface area (Å²) in [5, 5.41) is 3.20. The van der Waals surface area contributed by atoms with Gasteiger partial charge in [-0.15, -0.1) is 0 Å². The molecule has 0 aliphatic rings. The van der Waals surface area contributed by atoms with Crippen LogP contribution in [0.3, 0.4) is 0 Å². The van der Waals surface area contributed by atoms with Crippen LogP contribution in [0.15, 0.2) is 12.4 Å². The summed E-state index contributed by atoms with van der Waals surface area (Å²) >= 11 is 0. The molecule has 0 radical (unpaired) electrons. The van der Waals surface area contributed by atoms with E-state index >= 15 is 0 Å². The normalized spacial score (nSPS) is 12.8. The molecule has 1 aromatic rings. The summed E-state index contributed by atoms with van der Waals surface area (Å²) < 4.78 is 1.94. The molecule has 4 heteroatoms. The zero-order chi connectivity index (χ0) is 9.68. The fourth-order valence-corrected chi connectivity index (χ4v) is 1.23. The molecular formula is C9H18N4. The molecular weight excluding hydrogens is 164 g/mol. The van der Waals surface area contributed by atoms with Gasteiger partial charge in [-0.3, -0.25) is 0 Å². The van der Waals surface area contributed by atoms with Crippen molar-refractivity contribution in [3.05, 3.63) is 12.4 Å². The van der Waals surface area contributed by atoms with Crippen molar-refractivity contribution < 1.29 is 0 Å². The third-order valence-electron chi connectivity index (χ3n) is 2.00. The van der Waals surface area contributed by atoms with Gasteiger partial charge < -0.3 is 15.6 Å². The molecule has 1 rings (SSSR count). The maximum absolute atomic E-state index is 5.85. The molecule has 0 saturated carbocycles. The van der Waals surface area contributed by atoms with E-state index < -0.39 is 0 Å². The molecule has 4 nitrogen and oxygen atoms in total. The first kappa shape index (κ1) is 10.1. The molecule has 0 spiro atoms. The summed E-state index contributed by atoms with van der Waals surface area (Å²) in [7, 11) is 1.96. The van der Waals surface area contributed by atoms with E-state index in [0.717, 1.165) is 25.3 Å². The molecule has 1 unspecified atom stereocenters. The average Bonchev–Trinajstić information content (AvgIpc) is 2.48. The van der Waals surface area contributed by atoms with E-state index in [2.05, 4.69) is 17.2 Å². The standard InChI is InChI=1S/C9H18N4/c1-3-4-8(10)7-12-9-11-5-6-13(9)2/h5-6,8H,3-4,7,10H2,1-2H3,(H,11,12). The minimum atomic E-state index is 0.224. The lowest BCUT2D eigenvalue weighted by Gasteiger charge is -2.11. The Morgan fingerprint density at radius 1 is 1.69 bits per heavy atom. The lowest BCUT2D eigenvalue weighted by atomic mass is 10.2. The van der Waals surface area contributed by atoms with Crippen molar-refractivity contribution in [3.63, 3.8) is 0 Å². The van der Waals surface area contributed by atoms with Crippen molar-refractivity contribution in [2.75, 3.05) is 11.9 Å². The van der Waals surface area contributed by atoms with Crippen LogP contribution in [0.2, 0.25) is 0 Å². The summed E-state index contributed by atoms with van der Waals surface area (Å²) in [5.41, 5.74) is 5.85. The molecule has 1 heterocycles. The molecule has 0 fully saturated rings. The number of anilines is 1. The van der Waals surface area contributed by atoms with Crippen molar-refractivity contribution in [2.45, 2.75) is 25.8 Å². The van der Waals surface area contributed by atoms with Gasteiger partial charge in [0, 0.05) is 32.0 Å². The second-order valence-corrected chi connectivity index (χ2v) is 3.29. The van der Waals surface area contributed by atoms with Gasteiger partial charge in [-0.1, -0.05) is 13.3 Å². The summed E-state index contributed by atoms with van der Waals surface area (Å²) in [6, 6.07) is 0.224. The molecule has 0 saturated heterocycles. The maximum atomic E-state index is 5.85. The van der Waals surface area contributed by atoms with Crippen LogP contribution < -0.4 is 11.1 Å². The van der Waals surface area contributed by atoms with E-state index in [1.54, 1.807) is 6.20 Å². The SMILES string of the molecule is CCCC(N)CNc1nccn1C. The molecule has 1 atom stereocenters. The first-order chi connectivity index (χ1) is 6.24. The van der Waals surface area contributed by atoms with Crippen LogP contribution in [0, 0.1) is 0 Å². The number of aryl methyl sites for hydroxylation is 1. The monoisotopic (exact) mass is 182 g/mol. The van der Waals surface area contributed by atoms with Gasteiger partial charge in [0.05, 0.1) is 0 Å². The van der Waals surface area contributed by atoms with Gasteiger partial charge in [0.1, 0.15) is 0 Å². The van der Waals surface area contributed by atoms with Gasteiger partial charge in [0.25, 0.3) is 0 Å². The van der Waals surface area contributed by atoms with E-state index in [9.17, 15) is 0 Å². The van der Waals surface area contributed by atoms with Crippen molar-refractivity contribution in [1.82, 2.24) is 9.55 Å². The van der Waals surface area contributed by atoms with Crippen molar-refractivity contribution in [1.29, 1.82) is 0 Å². The second kappa shape index (κ2) is 4.87. The second-order valence-electron chi connectivity index (χ2n) is 3.29. The Kier molecular flexibility index (Phi) is 3.76. The molecule has 0 bridgehead atoms. The van der Waals surface area contributed by atoms with Gasteiger partial charge in [0.15, 0.2) is 0 Å². The van der Waals surface area contributed by atoms with Crippen LogP contribution in [0.25, 0.3) is 0 Å². The molecule has 3 N–H and O–H groups in total. The lowest BCUT2D eigenvalue weighted by Crippen LogP contribution is -2.29. The first-order valence-electron chi connectivity index (χ1n) is 4.70. The molecule has 0 aliphatic carbocycles. The average molecular weight is 182 g/mol. The number of hydrogen-bond donors (Lipinski definition) is 2. The summed E-state index contributed by atoms with van der Waals surface area (Å²) in [4.78, 5) is 4.14. The van der Waals surface area contributed by atoms with E-state index in [1.807, 2.05) is 17.8 Å². The largest absolute Gasteiger partial charge is 0.354 e. The van der Waals surface area contributed by atoms with Gasteiger partial charge in [-0.25, -0.2) is 4.98 Å². The topological polar surface area (TPSA) is 55.9 Å². The molecule has 13 heavy (non-hydrogen) atoms. The van der Waals surface area contributed by atoms with Gasteiger partial charge in [0.2, 0.25) is 5.95 Å². The number of rotatable bonds is 5. The number of nitrogens with two attached hydrogens (primary N) is 1. The highest BCUT2D eigenvalue weighted by molar-refractivity contribution is 5.25. The quantitative estimate of drug-likeness (QED) is 0.713. The van der Waals surface area contributed by atoms with Gasteiger partial charge in [-0.2, -0.15) is 0 Å². The van der Waals surface area contributed by atoms with E-state index in [4.69, 9.17) is 5.73 Å². The van der Waals surface area contributed by atoms with Crippen LogP contribution in [0.5, 0.6) is 0 Å². The summed E-state index contributed by atoms with van der Waals surface area (Å²) in [5.74, 6) is 0.881. The van der Waals surface area contributed by atoms with Crippen LogP contribution >= 0.6 is 0 Å². The Hall–Kier alpha value is -1.03. The fourth-order valence-electron chi connectivity index (χ4n) is 1.23. The molecule has 0 aromatic carbocycles. The number of nitrogens with zero attached hydrogens (tertiary/aromatic N) is 2. The van der Waals surface area contributed by atoms with Crippen molar-refractivity contribution >= 4 is 5.95 Å². The Balaban J connectivity index is 2.30. The highest BCUT2D eigenvalue weighted by Crippen LogP contribution is 2.01. The predicted molar refractivity (Wildman–Crippen MR) is 54.6 cm³/mol. The molecule has 0 amide bonds. The Bertz CT molecular complexity index is 244. The number of hydrogen-bond acceptors (Lipinski definition) is 3. The zero-order valence-electron chi connectivity index (χ0n) is 8.33. The molecule has 1 aromatic heterocycles. The zero-order valence-corrected chi connectivity index (χ0v) is 8.33. The van der Waals surface area contributed by atoms with Crippen molar-refractivity contribution in [2.24, 2.45) is 12.8 Å². The number of imidazole rings is 1. The number of nitrogens with one attached hydrogen (secondary N) is 1. The fraction of sp³-hybridized carbons (Fsp3) is 0.667. The van der Waals surface area contributed by atoms with Crippen LogP contribution in [-0.2, 0) is 7.05 Å². The van der Waals surface area contributed by atoms with E-state index in [-0.39, 0.29) is 6.04 Å². The minimum Gasteiger partial charge on any atom is -0.354 e. The smallest absolute Gasteiger partial charge is 0.202 e. The highest BCUT2D eigenvalue weighted by atomic mass is 15.2. The maximum Gasteiger partial charge on any atom is 0.202 e. The summed E-state index contributed by atoms with van der Waals surface area (Å²) in [6.07, 6.45) is 5.86. The third-order valence-corrected chi connectivity index (χ3v) is 2.00. The van der Waals surface area contributed by atoms with Gasteiger partial charge >= 0.3 is 0 Å². The highest BCUT2D eigenvalue weighted by Gasteiger charge is 2.02. The van der Waals surface area contributed by atoms with Crippen LogP contribution in [0.4, 0.5) is 5.95 Å². The lowest BCUT2D eigenvalue weighted by molar-refractivity contribution is 0.623. The third kappa shape index (κ3) is 3.06. The summed E-state index contributed by atoms with van der Waals surface area (Å²) in [6.45, 7) is 2.93. The van der Waals surface area contributed by atoms with E-state index in [1.165, 1.54) is 0 Å². The molecule has 0 aliphatic heterocycles. The number of aromatic nitrogens is 2. The predicted octanol–water partition coefficient (Wildman–Crippen LogP) is 0.959. The van der Waals surface area contributed by atoms with E-state index in [0.29, 0.717) is 0 Å². The van der Waals surface area contributed by atoms with Crippen LogP contribution in [-0.4, -0.2) is 22.1 Å². The minimum absolute atomic E-state index is 0.224. The Labute approximate surface area is 79.1 Å². The Morgan fingerprint density at radius 3 is 3.00 bits per heavy atom. The first-order valence-corrected chi connectivity index (χ1v) is 4.70. The van der Waals surface area contributed by atoms with Crippen LogP contribution in [0.1, 0.15) is 19.8 Å².